The van der Waals surface area contributed by atoms with Gasteiger partial charge in [0.1, 0.15) is 0 Å². The van der Waals surface area contributed by atoms with Crippen molar-refractivity contribution in [3.05, 3.63) is 59.0 Å². The van der Waals surface area contributed by atoms with E-state index in [0.717, 1.165) is 27.3 Å². The van der Waals surface area contributed by atoms with Crippen molar-refractivity contribution in [2.45, 2.75) is 18.9 Å². The first-order chi connectivity index (χ1) is 12.8. The van der Waals surface area contributed by atoms with E-state index in [0.29, 0.717) is 5.56 Å². The average Bonchev–Trinajstić information content (AvgIpc) is 3.10. The van der Waals surface area contributed by atoms with Crippen LogP contribution in [0.15, 0.2) is 46.8 Å². The molecule has 4 nitrogen and oxygen atoms in total. The number of carbonyl (C=O) groups excluding carboxylic acids is 1. The molecule has 1 aliphatic heterocycles. The number of aliphatic imine (C=N–C) groups is 1. The van der Waals surface area contributed by atoms with Crippen LogP contribution in [-0.2, 0) is 10.3 Å². The molecule has 0 aliphatic carbocycles. The molecule has 7 heteroatoms. The van der Waals surface area contributed by atoms with E-state index in [2.05, 4.69) is 4.99 Å². The fourth-order valence-corrected chi connectivity index (χ4v) is 4.26. The summed E-state index contributed by atoms with van der Waals surface area (Å²) in [5, 5.41) is 2.90. The van der Waals surface area contributed by atoms with Crippen LogP contribution in [0.5, 0.6) is 0 Å². The highest BCUT2D eigenvalue weighted by Crippen LogP contribution is 2.40. The minimum absolute atomic E-state index is 0.121. The molecular formula is C20H17F2N3OS. The minimum Gasteiger partial charge on any atom is -0.369 e. The quantitative estimate of drug-likeness (QED) is 0.717. The normalized spacial score (nSPS) is 20.2. The Bertz CT molecular complexity index is 1110. The topological polar surface area (TPSA) is 58.7 Å². The maximum atomic E-state index is 13.8. The lowest BCUT2D eigenvalue weighted by Gasteiger charge is -2.34. The molecule has 3 aromatic rings. The van der Waals surface area contributed by atoms with Crippen molar-refractivity contribution in [2.75, 3.05) is 7.05 Å². The van der Waals surface area contributed by atoms with Gasteiger partial charge in [-0.05, 0) is 64.7 Å². The number of nitrogens with two attached hydrogens (primary N) is 1. The van der Waals surface area contributed by atoms with Gasteiger partial charge in [0.25, 0.3) is 0 Å². The van der Waals surface area contributed by atoms with Crippen LogP contribution in [0.3, 0.4) is 0 Å². The molecule has 0 bridgehead atoms. The minimum atomic E-state index is -0.898. The number of benzene rings is 2. The van der Waals surface area contributed by atoms with Gasteiger partial charge in [-0.3, -0.25) is 9.69 Å². The maximum absolute atomic E-state index is 13.8. The van der Waals surface area contributed by atoms with E-state index in [1.165, 1.54) is 22.3 Å². The summed E-state index contributed by atoms with van der Waals surface area (Å²) < 4.78 is 28.1. The van der Waals surface area contributed by atoms with Crippen molar-refractivity contribution in [3.63, 3.8) is 0 Å². The third-order valence-corrected chi connectivity index (χ3v) is 5.94. The number of fused-ring (bicyclic) bond motifs is 1. The molecule has 2 heterocycles. The van der Waals surface area contributed by atoms with Crippen molar-refractivity contribution >= 4 is 33.3 Å². The summed E-state index contributed by atoms with van der Waals surface area (Å²) in [6.45, 7) is 1.85. The molecule has 0 spiro atoms. The second-order valence-electron chi connectivity index (χ2n) is 6.87. The van der Waals surface area contributed by atoms with Crippen molar-refractivity contribution in [2.24, 2.45) is 10.7 Å². The van der Waals surface area contributed by atoms with E-state index in [4.69, 9.17) is 5.73 Å². The van der Waals surface area contributed by atoms with Crippen molar-refractivity contribution in [1.29, 1.82) is 0 Å². The van der Waals surface area contributed by atoms with E-state index < -0.39 is 17.2 Å². The molecule has 1 aromatic heterocycles. The Morgan fingerprint density at radius 2 is 1.96 bits per heavy atom. The zero-order valence-electron chi connectivity index (χ0n) is 14.8. The number of carbonyl (C=O) groups is 1. The van der Waals surface area contributed by atoms with E-state index >= 15 is 0 Å². The van der Waals surface area contributed by atoms with Crippen LogP contribution in [0, 0.1) is 11.6 Å². The van der Waals surface area contributed by atoms with Crippen LogP contribution in [0.4, 0.5) is 8.78 Å². The zero-order chi connectivity index (χ0) is 19.3. The first kappa shape index (κ1) is 17.6. The Labute approximate surface area is 158 Å². The number of hydrogen-bond donors (Lipinski definition) is 1. The van der Waals surface area contributed by atoms with Gasteiger partial charge in [0.05, 0.1) is 12.0 Å². The van der Waals surface area contributed by atoms with Gasteiger partial charge in [-0.1, -0.05) is 6.07 Å². The van der Waals surface area contributed by atoms with Gasteiger partial charge >= 0.3 is 0 Å². The monoisotopic (exact) mass is 385 g/mol. The predicted octanol–water partition coefficient (Wildman–Crippen LogP) is 4.24. The van der Waals surface area contributed by atoms with Gasteiger partial charge in [0.2, 0.25) is 5.91 Å². The highest BCUT2D eigenvalue weighted by molar-refractivity contribution is 7.17. The molecular weight excluding hydrogens is 368 g/mol. The molecule has 1 atom stereocenters. The van der Waals surface area contributed by atoms with E-state index in [9.17, 15) is 13.6 Å². The van der Waals surface area contributed by atoms with Crippen molar-refractivity contribution in [3.8, 4) is 11.1 Å². The zero-order valence-corrected chi connectivity index (χ0v) is 15.6. The molecule has 0 saturated carbocycles. The Morgan fingerprint density at radius 1 is 1.19 bits per heavy atom. The number of rotatable bonds is 2. The lowest BCUT2D eigenvalue weighted by Crippen LogP contribution is -2.47. The lowest BCUT2D eigenvalue weighted by atomic mass is 9.85. The van der Waals surface area contributed by atoms with E-state index in [-0.39, 0.29) is 18.3 Å². The smallest absolute Gasteiger partial charge is 0.231 e. The molecule has 2 aromatic carbocycles. The van der Waals surface area contributed by atoms with Gasteiger partial charge in [0.15, 0.2) is 17.6 Å². The SMILES string of the molecule is CN1C(=O)C[C@@](C)(c2cc(-c3ccc(F)c(F)c3)c3sccc3c2)N=C1N. The number of amides is 1. The van der Waals surface area contributed by atoms with Crippen molar-refractivity contribution < 1.29 is 13.6 Å². The van der Waals surface area contributed by atoms with Gasteiger partial charge in [-0.2, -0.15) is 0 Å². The summed E-state index contributed by atoms with van der Waals surface area (Å²) in [5.74, 6) is -1.74. The first-order valence-electron chi connectivity index (χ1n) is 8.37. The van der Waals surface area contributed by atoms with Crippen molar-refractivity contribution in [1.82, 2.24) is 4.90 Å². The third kappa shape index (κ3) is 2.88. The first-order valence-corrected chi connectivity index (χ1v) is 9.25. The van der Waals surface area contributed by atoms with Gasteiger partial charge < -0.3 is 5.73 Å². The largest absolute Gasteiger partial charge is 0.369 e. The Morgan fingerprint density at radius 3 is 2.67 bits per heavy atom. The number of guanidine groups is 1. The predicted molar refractivity (Wildman–Crippen MR) is 104 cm³/mol. The summed E-state index contributed by atoms with van der Waals surface area (Å²) >= 11 is 1.52. The molecule has 138 valence electrons. The summed E-state index contributed by atoms with van der Waals surface area (Å²) in [6, 6.07) is 9.68. The number of halogens is 2. The van der Waals surface area contributed by atoms with Crippen LogP contribution in [0.1, 0.15) is 18.9 Å². The lowest BCUT2D eigenvalue weighted by molar-refractivity contribution is -0.128. The molecule has 1 amide bonds. The van der Waals surface area contributed by atoms with Gasteiger partial charge in [-0.25, -0.2) is 13.8 Å². The summed E-state index contributed by atoms with van der Waals surface area (Å²) in [6.07, 6.45) is 0.178. The molecule has 0 fully saturated rings. The average molecular weight is 385 g/mol. The van der Waals surface area contributed by atoms with Crippen LogP contribution in [-0.4, -0.2) is 23.8 Å². The van der Waals surface area contributed by atoms with Gasteiger partial charge in [-0.15, -0.1) is 11.3 Å². The standard InChI is InChI=1S/C20H17F2N3OS/c1-20(10-17(26)25(2)19(23)24-20)13-7-12-5-6-27-18(12)14(9-13)11-3-4-15(21)16(22)8-11/h3-9H,10H2,1-2H3,(H2,23,24)/t20-/m0/s1. The van der Waals surface area contributed by atoms with Crippen LogP contribution in [0.2, 0.25) is 0 Å². The van der Waals surface area contributed by atoms with E-state index in [1.54, 1.807) is 13.1 Å². The molecule has 0 radical (unpaired) electrons. The fourth-order valence-electron chi connectivity index (χ4n) is 3.35. The molecule has 0 unspecified atom stereocenters. The Balaban J connectivity index is 1.93. The van der Waals surface area contributed by atoms with Gasteiger partial charge in [0, 0.05) is 11.7 Å². The highest BCUT2D eigenvalue weighted by Gasteiger charge is 2.36. The van der Waals surface area contributed by atoms with E-state index in [1.807, 2.05) is 30.5 Å². The number of nitrogens with zero attached hydrogens (tertiary/aromatic N) is 2. The third-order valence-electron chi connectivity index (χ3n) is 4.98. The fraction of sp³-hybridized carbons (Fsp3) is 0.200. The second kappa shape index (κ2) is 6.13. The molecule has 4 rings (SSSR count). The second-order valence-corrected chi connectivity index (χ2v) is 7.78. The highest BCUT2D eigenvalue weighted by atomic mass is 32.1. The molecule has 2 N–H and O–H groups in total. The number of thiophene rings is 1. The summed E-state index contributed by atoms with van der Waals surface area (Å²) in [4.78, 5) is 18.2. The van der Waals surface area contributed by atoms with Crippen LogP contribution >= 0.6 is 11.3 Å². The summed E-state index contributed by atoms with van der Waals surface area (Å²) in [7, 11) is 1.59. The Kier molecular flexibility index (Phi) is 3.99. The molecule has 0 saturated heterocycles. The Hall–Kier alpha value is -2.80. The van der Waals surface area contributed by atoms with Crippen LogP contribution < -0.4 is 5.73 Å². The van der Waals surface area contributed by atoms with Crippen LogP contribution in [0.25, 0.3) is 21.2 Å². The molecule has 27 heavy (non-hydrogen) atoms. The number of hydrogen-bond acceptors (Lipinski definition) is 4. The molecule has 1 aliphatic rings. The maximum Gasteiger partial charge on any atom is 0.231 e. The summed E-state index contributed by atoms with van der Waals surface area (Å²) in [5.41, 5.74) is 7.25.